The van der Waals surface area contributed by atoms with E-state index in [0.29, 0.717) is 0 Å². The zero-order valence-electron chi connectivity index (χ0n) is 9.37. The first-order valence-corrected chi connectivity index (χ1v) is 6.06. The second kappa shape index (κ2) is 4.26. The van der Waals surface area contributed by atoms with E-state index < -0.39 is 0 Å². The van der Waals surface area contributed by atoms with Crippen LogP contribution in [0, 0.1) is 5.92 Å². The number of nitrogens with zero attached hydrogens (tertiary/aromatic N) is 1. The van der Waals surface area contributed by atoms with Crippen molar-refractivity contribution in [2.24, 2.45) is 5.92 Å². The Morgan fingerprint density at radius 3 is 3.06 bits per heavy atom. The molecular formula is C13H17N3. The van der Waals surface area contributed by atoms with Crippen molar-refractivity contribution < 1.29 is 0 Å². The first-order valence-electron chi connectivity index (χ1n) is 6.06. The lowest BCUT2D eigenvalue weighted by Crippen LogP contribution is -2.31. The second-order valence-corrected chi connectivity index (χ2v) is 4.62. The molecule has 2 heterocycles. The fourth-order valence-corrected chi connectivity index (χ4v) is 2.47. The minimum Gasteiger partial charge on any atom is -0.342 e. The topological polar surface area (TPSA) is 40.7 Å². The molecule has 84 valence electrons. The predicted molar refractivity (Wildman–Crippen MR) is 65.4 cm³/mol. The van der Waals surface area contributed by atoms with E-state index in [0.717, 1.165) is 35.7 Å². The summed E-state index contributed by atoms with van der Waals surface area (Å²) in [5, 5.41) is 3.45. The molecule has 1 aliphatic heterocycles. The van der Waals surface area contributed by atoms with Crippen LogP contribution in [0.15, 0.2) is 24.3 Å². The number of hydrogen-bond acceptors (Lipinski definition) is 2. The van der Waals surface area contributed by atoms with Gasteiger partial charge in [0.1, 0.15) is 5.82 Å². The smallest absolute Gasteiger partial charge is 0.107 e. The van der Waals surface area contributed by atoms with E-state index >= 15 is 0 Å². The average molecular weight is 215 g/mol. The molecule has 0 spiro atoms. The Hall–Kier alpha value is -1.35. The third kappa shape index (κ3) is 1.95. The largest absolute Gasteiger partial charge is 0.342 e. The molecule has 0 aliphatic carbocycles. The van der Waals surface area contributed by atoms with Crippen LogP contribution in [-0.4, -0.2) is 23.1 Å². The van der Waals surface area contributed by atoms with Crippen molar-refractivity contribution in [3.8, 4) is 0 Å². The molecular weight excluding hydrogens is 198 g/mol. The van der Waals surface area contributed by atoms with Gasteiger partial charge in [0.25, 0.3) is 0 Å². The van der Waals surface area contributed by atoms with Crippen LogP contribution in [0.25, 0.3) is 11.0 Å². The van der Waals surface area contributed by atoms with Gasteiger partial charge in [0, 0.05) is 6.42 Å². The normalized spacial score (nSPS) is 21.4. The number of H-pyrrole nitrogens is 1. The maximum absolute atomic E-state index is 4.62. The van der Waals surface area contributed by atoms with E-state index in [1.165, 1.54) is 19.4 Å². The van der Waals surface area contributed by atoms with Crippen molar-refractivity contribution in [1.82, 2.24) is 15.3 Å². The van der Waals surface area contributed by atoms with Gasteiger partial charge in [-0.05, 0) is 44.0 Å². The van der Waals surface area contributed by atoms with Gasteiger partial charge in [0.15, 0.2) is 0 Å². The van der Waals surface area contributed by atoms with Crippen molar-refractivity contribution in [3.63, 3.8) is 0 Å². The van der Waals surface area contributed by atoms with Crippen molar-refractivity contribution in [1.29, 1.82) is 0 Å². The van der Waals surface area contributed by atoms with Crippen LogP contribution in [0.4, 0.5) is 0 Å². The third-order valence-corrected chi connectivity index (χ3v) is 3.32. The van der Waals surface area contributed by atoms with Crippen molar-refractivity contribution in [2.45, 2.75) is 19.3 Å². The number of hydrogen-bond donors (Lipinski definition) is 2. The Kier molecular flexibility index (Phi) is 2.62. The standard InChI is InChI=1S/C13H17N3/c1-2-6-12-11(5-1)15-13(16-12)8-10-4-3-7-14-9-10/h1-2,5-6,10,14H,3-4,7-9H2,(H,15,16)/t10-/m0/s1. The lowest BCUT2D eigenvalue weighted by atomic mass is 9.96. The van der Waals surface area contributed by atoms with Crippen LogP contribution < -0.4 is 5.32 Å². The molecule has 0 amide bonds. The quantitative estimate of drug-likeness (QED) is 0.805. The molecule has 0 bridgehead atoms. The van der Waals surface area contributed by atoms with Gasteiger partial charge in [0.2, 0.25) is 0 Å². The Morgan fingerprint density at radius 2 is 2.25 bits per heavy atom. The van der Waals surface area contributed by atoms with Gasteiger partial charge in [-0.3, -0.25) is 0 Å². The summed E-state index contributed by atoms with van der Waals surface area (Å²) in [7, 11) is 0. The van der Waals surface area contributed by atoms with Crippen LogP contribution in [0.5, 0.6) is 0 Å². The molecule has 0 unspecified atom stereocenters. The summed E-state index contributed by atoms with van der Waals surface area (Å²) in [6, 6.07) is 8.24. The van der Waals surface area contributed by atoms with E-state index in [9.17, 15) is 0 Å². The van der Waals surface area contributed by atoms with Crippen LogP contribution in [0.1, 0.15) is 18.7 Å². The van der Waals surface area contributed by atoms with Crippen LogP contribution in [-0.2, 0) is 6.42 Å². The molecule has 1 aromatic carbocycles. The summed E-state index contributed by atoms with van der Waals surface area (Å²) in [6.07, 6.45) is 3.69. The molecule has 3 rings (SSSR count). The fraction of sp³-hybridized carbons (Fsp3) is 0.462. The Bertz CT molecular complexity index is 436. The fourth-order valence-electron chi connectivity index (χ4n) is 2.47. The van der Waals surface area contributed by atoms with Crippen LogP contribution in [0.2, 0.25) is 0 Å². The number of imidazole rings is 1. The van der Waals surface area contributed by atoms with Gasteiger partial charge in [-0.2, -0.15) is 0 Å². The number of aromatic nitrogens is 2. The molecule has 1 aliphatic rings. The van der Waals surface area contributed by atoms with Crippen molar-refractivity contribution in [3.05, 3.63) is 30.1 Å². The highest BCUT2D eigenvalue weighted by molar-refractivity contribution is 5.74. The number of piperidine rings is 1. The van der Waals surface area contributed by atoms with Gasteiger partial charge < -0.3 is 10.3 Å². The highest BCUT2D eigenvalue weighted by atomic mass is 14.9. The van der Waals surface area contributed by atoms with E-state index in [-0.39, 0.29) is 0 Å². The average Bonchev–Trinajstić information content (AvgIpc) is 2.72. The molecule has 16 heavy (non-hydrogen) atoms. The van der Waals surface area contributed by atoms with Crippen LogP contribution in [0.3, 0.4) is 0 Å². The third-order valence-electron chi connectivity index (χ3n) is 3.32. The number of rotatable bonds is 2. The molecule has 1 fully saturated rings. The Labute approximate surface area is 95.3 Å². The van der Waals surface area contributed by atoms with E-state index in [1.807, 2.05) is 12.1 Å². The van der Waals surface area contributed by atoms with Gasteiger partial charge in [-0.15, -0.1) is 0 Å². The number of fused-ring (bicyclic) bond motifs is 1. The first kappa shape index (κ1) is 9.85. The minimum absolute atomic E-state index is 0.745. The van der Waals surface area contributed by atoms with E-state index in [2.05, 4.69) is 27.4 Å². The Morgan fingerprint density at radius 1 is 1.31 bits per heavy atom. The molecule has 0 radical (unpaired) electrons. The maximum Gasteiger partial charge on any atom is 0.107 e. The Balaban J connectivity index is 1.78. The molecule has 0 saturated carbocycles. The molecule has 2 N–H and O–H groups in total. The number of para-hydroxylation sites is 2. The highest BCUT2D eigenvalue weighted by Crippen LogP contribution is 2.17. The van der Waals surface area contributed by atoms with E-state index in [1.54, 1.807) is 0 Å². The lowest BCUT2D eigenvalue weighted by molar-refractivity contribution is 0.371. The lowest BCUT2D eigenvalue weighted by Gasteiger charge is -2.21. The summed E-state index contributed by atoms with van der Waals surface area (Å²) in [5.74, 6) is 1.88. The van der Waals surface area contributed by atoms with Gasteiger partial charge in [-0.1, -0.05) is 12.1 Å². The monoisotopic (exact) mass is 215 g/mol. The highest BCUT2D eigenvalue weighted by Gasteiger charge is 2.15. The molecule has 3 nitrogen and oxygen atoms in total. The minimum atomic E-state index is 0.745. The number of aromatic amines is 1. The van der Waals surface area contributed by atoms with Crippen molar-refractivity contribution >= 4 is 11.0 Å². The van der Waals surface area contributed by atoms with E-state index in [4.69, 9.17) is 0 Å². The molecule has 2 aromatic rings. The summed E-state index contributed by atoms with van der Waals surface area (Å²) in [4.78, 5) is 8.03. The zero-order valence-corrected chi connectivity index (χ0v) is 9.37. The zero-order chi connectivity index (χ0) is 10.8. The summed E-state index contributed by atoms with van der Waals surface area (Å²) >= 11 is 0. The SMILES string of the molecule is c1ccc2[nH]c(C[C@@H]3CCCNC3)nc2c1. The molecule has 1 atom stereocenters. The van der Waals surface area contributed by atoms with Crippen LogP contribution >= 0.6 is 0 Å². The second-order valence-electron chi connectivity index (χ2n) is 4.62. The van der Waals surface area contributed by atoms with Gasteiger partial charge >= 0.3 is 0 Å². The summed E-state index contributed by atoms with van der Waals surface area (Å²) in [6.45, 7) is 2.31. The first-order chi connectivity index (χ1) is 7.92. The van der Waals surface area contributed by atoms with Gasteiger partial charge in [0.05, 0.1) is 11.0 Å². The number of nitrogens with one attached hydrogen (secondary N) is 2. The van der Waals surface area contributed by atoms with Crippen molar-refractivity contribution in [2.75, 3.05) is 13.1 Å². The number of benzene rings is 1. The predicted octanol–water partition coefficient (Wildman–Crippen LogP) is 2.10. The summed E-state index contributed by atoms with van der Waals surface area (Å²) < 4.78 is 0. The molecule has 1 aromatic heterocycles. The molecule has 3 heteroatoms. The maximum atomic E-state index is 4.62. The summed E-state index contributed by atoms with van der Waals surface area (Å²) in [5.41, 5.74) is 2.24. The van der Waals surface area contributed by atoms with Gasteiger partial charge in [-0.25, -0.2) is 4.98 Å². The molecule has 1 saturated heterocycles.